The second-order valence-corrected chi connectivity index (χ2v) is 8.77. The predicted molar refractivity (Wildman–Crippen MR) is 115 cm³/mol. The molecule has 1 atom stereocenters. The van der Waals surface area contributed by atoms with E-state index in [0.717, 1.165) is 28.1 Å². The summed E-state index contributed by atoms with van der Waals surface area (Å²) in [6, 6.07) is 11.5. The molecule has 0 aliphatic carbocycles. The van der Waals surface area contributed by atoms with E-state index in [1.807, 2.05) is 32.0 Å². The van der Waals surface area contributed by atoms with Gasteiger partial charge in [-0.05, 0) is 42.5 Å². The van der Waals surface area contributed by atoms with Crippen LogP contribution in [0.2, 0.25) is 0 Å². The zero-order valence-corrected chi connectivity index (χ0v) is 18.1. The van der Waals surface area contributed by atoms with Gasteiger partial charge >= 0.3 is 0 Å². The molecule has 0 saturated heterocycles. The molecule has 1 heterocycles. The van der Waals surface area contributed by atoms with Crippen LogP contribution in [0.3, 0.4) is 0 Å². The molecule has 2 aromatic rings. The topological polar surface area (TPSA) is 58.6 Å². The number of aryl methyl sites for hydroxylation is 2. The molecule has 0 saturated carbocycles. The van der Waals surface area contributed by atoms with Crippen molar-refractivity contribution in [2.75, 3.05) is 18.1 Å². The average molecular weight is 395 g/mol. The first-order valence-electron chi connectivity index (χ1n) is 10.0. The molecule has 2 aromatic carbocycles. The molecular weight excluding hydrogens is 364 g/mol. The molecule has 2 amide bonds. The molecule has 154 valence electrons. The van der Waals surface area contributed by atoms with Crippen molar-refractivity contribution in [2.45, 2.75) is 53.0 Å². The van der Waals surface area contributed by atoms with Gasteiger partial charge in [0.25, 0.3) is 5.91 Å². The number of carbonyl (C=O) groups is 2. The standard InChI is InChI=1S/C24H30N2O3/c1-15-13-16(2)22-20(14-15)21(25-17(3)27)23(28)26(22)11-12-29-19-9-7-18(8-10-19)24(4,5)6/h7-10,13-14,21H,11-12H2,1-6H3,(H,25,27)/t21-/m0/s1. The average Bonchev–Trinajstić information content (AvgIpc) is 2.87. The number of nitrogens with zero attached hydrogens (tertiary/aromatic N) is 1. The predicted octanol–water partition coefficient (Wildman–Crippen LogP) is 4.20. The van der Waals surface area contributed by atoms with E-state index in [1.54, 1.807) is 4.90 Å². The van der Waals surface area contributed by atoms with Crippen LogP contribution in [0.5, 0.6) is 5.75 Å². The zero-order chi connectivity index (χ0) is 21.3. The molecule has 0 aromatic heterocycles. The molecule has 29 heavy (non-hydrogen) atoms. The number of hydrogen-bond donors (Lipinski definition) is 1. The van der Waals surface area contributed by atoms with E-state index in [-0.39, 0.29) is 17.2 Å². The van der Waals surface area contributed by atoms with Gasteiger partial charge in [0.1, 0.15) is 18.4 Å². The molecule has 0 bridgehead atoms. The number of benzene rings is 2. The molecule has 0 radical (unpaired) electrons. The highest BCUT2D eigenvalue weighted by Gasteiger charge is 2.38. The molecule has 5 nitrogen and oxygen atoms in total. The van der Waals surface area contributed by atoms with Crippen molar-refractivity contribution < 1.29 is 14.3 Å². The Hall–Kier alpha value is -2.82. The van der Waals surface area contributed by atoms with E-state index in [9.17, 15) is 9.59 Å². The Balaban J connectivity index is 1.74. The Kier molecular flexibility index (Phi) is 5.69. The molecular formula is C24H30N2O3. The summed E-state index contributed by atoms with van der Waals surface area (Å²) in [4.78, 5) is 26.4. The maximum Gasteiger partial charge on any atom is 0.254 e. The first-order chi connectivity index (χ1) is 13.6. The van der Waals surface area contributed by atoms with Crippen LogP contribution < -0.4 is 15.0 Å². The third-order valence-electron chi connectivity index (χ3n) is 5.22. The van der Waals surface area contributed by atoms with Crippen molar-refractivity contribution >= 4 is 17.5 Å². The lowest BCUT2D eigenvalue weighted by Crippen LogP contribution is -2.38. The van der Waals surface area contributed by atoms with E-state index in [0.29, 0.717) is 13.2 Å². The Labute approximate surface area is 173 Å². The third kappa shape index (κ3) is 4.44. The molecule has 1 aliphatic rings. The minimum Gasteiger partial charge on any atom is -0.492 e. The zero-order valence-electron chi connectivity index (χ0n) is 18.1. The van der Waals surface area contributed by atoms with Gasteiger partial charge in [-0.3, -0.25) is 9.59 Å². The van der Waals surface area contributed by atoms with Gasteiger partial charge in [-0.15, -0.1) is 0 Å². The largest absolute Gasteiger partial charge is 0.492 e. The highest BCUT2D eigenvalue weighted by atomic mass is 16.5. The van der Waals surface area contributed by atoms with Crippen LogP contribution in [0.15, 0.2) is 36.4 Å². The van der Waals surface area contributed by atoms with E-state index in [2.05, 4.69) is 44.3 Å². The fourth-order valence-corrected chi connectivity index (χ4v) is 3.85. The van der Waals surface area contributed by atoms with E-state index in [4.69, 9.17) is 4.74 Å². The van der Waals surface area contributed by atoms with Crippen LogP contribution in [-0.4, -0.2) is 25.0 Å². The molecule has 3 rings (SSSR count). The molecule has 0 spiro atoms. The maximum atomic E-state index is 13.0. The van der Waals surface area contributed by atoms with Gasteiger partial charge in [0, 0.05) is 12.5 Å². The quantitative estimate of drug-likeness (QED) is 0.827. The highest BCUT2D eigenvalue weighted by Crippen LogP contribution is 2.39. The fourth-order valence-electron chi connectivity index (χ4n) is 3.85. The Bertz CT molecular complexity index is 926. The first-order valence-corrected chi connectivity index (χ1v) is 10.0. The number of hydrogen-bond acceptors (Lipinski definition) is 3. The summed E-state index contributed by atoms with van der Waals surface area (Å²) in [5.74, 6) is 0.449. The monoisotopic (exact) mass is 394 g/mol. The summed E-state index contributed by atoms with van der Waals surface area (Å²) in [5, 5.41) is 2.79. The first kappa shape index (κ1) is 20.9. The summed E-state index contributed by atoms with van der Waals surface area (Å²) >= 11 is 0. The van der Waals surface area contributed by atoms with Gasteiger partial charge in [-0.2, -0.15) is 0 Å². The van der Waals surface area contributed by atoms with Crippen molar-refractivity contribution in [1.82, 2.24) is 5.32 Å². The summed E-state index contributed by atoms with van der Waals surface area (Å²) < 4.78 is 5.90. The van der Waals surface area contributed by atoms with Crippen LogP contribution in [0.1, 0.15) is 56.0 Å². The van der Waals surface area contributed by atoms with E-state index in [1.165, 1.54) is 12.5 Å². The third-order valence-corrected chi connectivity index (χ3v) is 5.22. The van der Waals surface area contributed by atoms with E-state index < -0.39 is 6.04 Å². The fraction of sp³-hybridized carbons (Fsp3) is 0.417. The van der Waals surface area contributed by atoms with Crippen molar-refractivity contribution in [3.63, 3.8) is 0 Å². The maximum absolute atomic E-state index is 13.0. The SMILES string of the molecule is CC(=O)N[C@@H]1C(=O)N(CCOc2ccc(C(C)(C)C)cc2)c2c(C)cc(C)cc21. The minimum absolute atomic E-state index is 0.0958. The van der Waals surface area contributed by atoms with Crippen LogP contribution in [0.25, 0.3) is 0 Å². The molecule has 1 N–H and O–H groups in total. The normalized spacial score (nSPS) is 16.0. The summed E-state index contributed by atoms with van der Waals surface area (Å²) in [6.07, 6.45) is 0. The van der Waals surface area contributed by atoms with Crippen LogP contribution in [0.4, 0.5) is 5.69 Å². The summed E-state index contributed by atoms with van der Waals surface area (Å²) in [5.41, 5.74) is 5.18. The second-order valence-electron chi connectivity index (χ2n) is 8.77. The number of amides is 2. The lowest BCUT2D eigenvalue weighted by molar-refractivity contribution is -0.126. The second kappa shape index (κ2) is 7.90. The smallest absolute Gasteiger partial charge is 0.254 e. The summed E-state index contributed by atoms with van der Waals surface area (Å²) in [7, 11) is 0. The number of rotatable bonds is 5. The van der Waals surface area contributed by atoms with Gasteiger partial charge in [0.15, 0.2) is 0 Å². The van der Waals surface area contributed by atoms with Gasteiger partial charge in [0.2, 0.25) is 5.91 Å². The molecule has 5 heteroatoms. The van der Waals surface area contributed by atoms with Gasteiger partial charge in [-0.1, -0.05) is 50.6 Å². The highest BCUT2D eigenvalue weighted by molar-refractivity contribution is 6.07. The lowest BCUT2D eigenvalue weighted by Gasteiger charge is -2.21. The number of ether oxygens (including phenoxy) is 1. The lowest BCUT2D eigenvalue weighted by atomic mass is 9.87. The van der Waals surface area contributed by atoms with Crippen molar-refractivity contribution in [3.8, 4) is 5.75 Å². The van der Waals surface area contributed by atoms with Gasteiger partial charge in [-0.25, -0.2) is 0 Å². The Morgan fingerprint density at radius 1 is 1.14 bits per heavy atom. The number of fused-ring (bicyclic) bond motifs is 1. The molecule has 0 unspecified atom stereocenters. The number of carbonyl (C=O) groups excluding carboxylic acids is 2. The van der Waals surface area contributed by atoms with Crippen molar-refractivity contribution in [3.05, 3.63) is 58.7 Å². The minimum atomic E-state index is -0.632. The van der Waals surface area contributed by atoms with Gasteiger partial charge in [0.05, 0.1) is 12.2 Å². The molecule has 0 fully saturated rings. The molecule has 1 aliphatic heterocycles. The Morgan fingerprint density at radius 3 is 2.38 bits per heavy atom. The Morgan fingerprint density at radius 2 is 1.79 bits per heavy atom. The van der Waals surface area contributed by atoms with E-state index >= 15 is 0 Å². The summed E-state index contributed by atoms with van der Waals surface area (Å²) in [6.45, 7) is 12.7. The van der Waals surface area contributed by atoms with Crippen LogP contribution in [-0.2, 0) is 15.0 Å². The van der Waals surface area contributed by atoms with Crippen molar-refractivity contribution in [2.24, 2.45) is 0 Å². The number of nitrogens with one attached hydrogen (secondary N) is 1. The van der Waals surface area contributed by atoms with Crippen molar-refractivity contribution in [1.29, 1.82) is 0 Å². The van der Waals surface area contributed by atoms with Crippen LogP contribution >= 0.6 is 0 Å². The van der Waals surface area contributed by atoms with Gasteiger partial charge < -0.3 is 15.0 Å². The van der Waals surface area contributed by atoms with Crippen LogP contribution in [0, 0.1) is 13.8 Å². The number of anilines is 1.